The van der Waals surface area contributed by atoms with Crippen molar-refractivity contribution in [2.45, 2.75) is 97.2 Å². The minimum atomic E-state index is -5.05. The summed E-state index contributed by atoms with van der Waals surface area (Å²) in [5.41, 5.74) is -4.82. The Labute approximate surface area is 288 Å². The smallest absolute Gasteiger partial charge is 0.454 e. The highest BCUT2D eigenvalue weighted by Crippen LogP contribution is 2.52. The van der Waals surface area contributed by atoms with Crippen molar-refractivity contribution in [3.05, 3.63) is 24.6 Å². The Morgan fingerprint density at radius 1 is 1.06 bits per heavy atom. The molecule has 0 saturated carbocycles. The Morgan fingerprint density at radius 2 is 1.60 bits per heavy atom. The summed E-state index contributed by atoms with van der Waals surface area (Å²) in [6.45, 7) is 10.0. The third kappa shape index (κ3) is 11.6. The van der Waals surface area contributed by atoms with Crippen molar-refractivity contribution in [2.24, 2.45) is 5.92 Å². The van der Waals surface area contributed by atoms with Crippen LogP contribution >= 0.6 is 7.82 Å². The number of hydrogen-bond acceptors (Lipinski definition) is 16. The number of allylic oxidation sites excluding steroid dienone is 1. The zero-order valence-corrected chi connectivity index (χ0v) is 29.9. The molecular formula is C29H45FN3O16P. The number of ether oxygens (including phenoxy) is 6. The predicted molar refractivity (Wildman–Crippen MR) is 166 cm³/mol. The van der Waals surface area contributed by atoms with E-state index in [1.54, 1.807) is 13.8 Å². The standard InChI is InChI=1S/C29H45FN3O16P/c1-16(2)21(32-20(8)34)22(35)48-23-28(9,39)24(33-11-10-19(7)31-25(33)36)49-29(23,12-30)13-43-50(40,44-14-41-26(37)46-17(3)4)45-15-42-27(38)47-18(5)6/h10-11,16-18,21,23-24,39H,7,12-15H2,1-6,8-9H3,(H,31,36)(H,32,34)/t21?,23-,24+,28+,29+/m0/s1. The summed E-state index contributed by atoms with van der Waals surface area (Å²) in [6, 6.07) is -2.15. The zero-order chi connectivity index (χ0) is 38.0. The molecule has 1 fully saturated rings. The number of hydrogen-bond donors (Lipinski definition) is 3. The monoisotopic (exact) mass is 741 g/mol. The molecule has 21 heteroatoms. The number of phosphoric acid groups is 1. The maximum absolute atomic E-state index is 15.3. The van der Waals surface area contributed by atoms with Gasteiger partial charge in [0.1, 0.15) is 18.3 Å². The van der Waals surface area contributed by atoms with E-state index in [0.29, 0.717) is 0 Å². The van der Waals surface area contributed by atoms with Gasteiger partial charge in [0.25, 0.3) is 0 Å². The third-order valence-electron chi connectivity index (χ3n) is 6.69. The molecule has 284 valence electrons. The fourth-order valence-electron chi connectivity index (χ4n) is 4.48. The number of halogens is 1. The Balaban J connectivity index is 2.49. The SMILES string of the molecule is C=C1C=CN([C@@H]2O[C@](CF)(COP(=O)(OCOC(=O)OC(C)C)OCOC(=O)OC(C)C)[C@@H](OC(=O)C(NC(C)=O)C(C)C)[C@@]2(C)O)C(=O)N1. The Morgan fingerprint density at radius 3 is 2.04 bits per heavy atom. The summed E-state index contributed by atoms with van der Waals surface area (Å²) < 4.78 is 74.9. The van der Waals surface area contributed by atoms with Gasteiger partial charge in [0.05, 0.1) is 18.8 Å². The lowest BCUT2D eigenvalue weighted by Crippen LogP contribution is -2.59. The van der Waals surface area contributed by atoms with Crippen LogP contribution < -0.4 is 10.6 Å². The number of aliphatic hydroxyl groups is 1. The number of carbonyl (C=O) groups is 5. The van der Waals surface area contributed by atoms with E-state index in [2.05, 4.69) is 17.2 Å². The van der Waals surface area contributed by atoms with E-state index in [1.165, 1.54) is 40.0 Å². The van der Waals surface area contributed by atoms with Gasteiger partial charge in [0.2, 0.25) is 19.5 Å². The van der Waals surface area contributed by atoms with Crippen LogP contribution in [0.2, 0.25) is 0 Å². The number of nitrogens with one attached hydrogen (secondary N) is 2. The Kier molecular flexibility index (Phi) is 15.2. The van der Waals surface area contributed by atoms with Crippen LogP contribution in [-0.2, 0) is 56.1 Å². The summed E-state index contributed by atoms with van der Waals surface area (Å²) >= 11 is 0. The molecule has 0 aromatic carbocycles. The van der Waals surface area contributed by atoms with Gasteiger partial charge in [-0.15, -0.1) is 0 Å². The second-order valence-corrected chi connectivity index (χ2v) is 13.8. The van der Waals surface area contributed by atoms with Crippen molar-refractivity contribution in [1.82, 2.24) is 15.5 Å². The van der Waals surface area contributed by atoms with Crippen molar-refractivity contribution in [2.75, 3.05) is 26.9 Å². The first kappa shape index (κ1) is 42.4. The van der Waals surface area contributed by atoms with Crippen LogP contribution in [0, 0.1) is 5.92 Å². The number of alkyl halides is 1. The average Bonchev–Trinajstić information content (AvgIpc) is 3.20. The van der Waals surface area contributed by atoms with Crippen molar-refractivity contribution >= 4 is 38.0 Å². The summed E-state index contributed by atoms with van der Waals surface area (Å²) in [5, 5.41) is 16.6. The highest BCUT2D eigenvalue weighted by molar-refractivity contribution is 7.48. The number of esters is 1. The van der Waals surface area contributed by atoms with Crippen molar-refractivity contribution < 1.29 is 80.0 Å². The van der Waals surface area contributed by atoms with E-state index in [0.717, 1.165) is 18.7 Å². The maximum atomic E-state index is 15.3. The molecule has 0 bridgehead atoms. The van der Waals surface area contributed by atoms with Crippen LogP contribution in [0.25, 0.3) is 0 Å². The highest BCUT2D eigenvalue weighted by Gasteiger charge is 2.67. The highest BCUT2D eigenvalue weighted by atomic mass is 31.2. The Hall–Kier alpha value is -3.81. The number of urea groups is 1. The number of nitrogens with zero attached hydrogens (tertiary/aromatic N) is 1. The van der Waals surface area contributed by atoms with Gasteiger partial charge in [-0.25, -0.2) is 37.2 Å². The minimum Gasteiger partial charge on any atom is -0.454 e. The molecule has 3 N–H and O–H groups in total. The van der Waals surface area contributed by atoms with Crippen LogP contribution in [-0.4, -0.2) is 109 Å². The predicted octanol–water partition coefficient (Wildman–Crippen LogP) is 3.12. The molecule has 5 atom stereocenters. The van der Waals surface area contributed by atoms with Gasteiger partial charge in [0.15, 0.2) is 17.9 Å². The molecule has 3 amide bonds. The first-order valence-corrected chi connectivity index (χ1v) is 16.7. The number of rotatable bonds is 17. The zero-order valence-electron chi connectivity index (χ0n) is 29.0. The molecule has 2 heterocycles. The van der Waals surface area contributed by atoms with E-state index < -0.39 is 113 Å². The molecule has 0 radical (unpaired) electrons. The topological polar surface area (TPSA) is 233 Å². The van der Waals surface area contributed by atoms with Crippen LogP contribution in [0.1, 0.15) is 55.4 Å². The van der Waals surface area contributed by atoms with Crippen LogP contribution in [0.4, 0.5) is 18.8 Å². The van der Waals surface area contributed by atoms with E-state index >= 15 is 4.39 Å². The molecule has 2 aliphatic rings. The van der Waals surface area contributed by atoms with Crippen LogP contribution in [0.15, 0.2) is 24.6 Å². The molecule has 1 saturated heterocycles. The van der Waals surface area contributed by atoms with Crippen molar-refractivity contribution in [1.29, 1.82) is 0 Å². The second-order valence-electron chi connectivity index (χ2n) is 12.1. The maximum Gasteiger partial charge on any atom is 0.510 e. The molecule has 0 aliphatic carbocycles. The second kappa shape index (κ2) is 17.9. The van der Waals surface area contributed by atoms with Gasteiger partial charge in [-0.2, -0.15) is 0 Å². The molecule has 2 rings (SSSR count). The third-order valence-corrected chi connectivity index (χ3v) is 7.98. The summed E-state index contributed by atoms with van der Waals surface area (Å²) in [7, 11) is -5.05. The Bertz CT molecular complexity index is 1310. The molecule has 19 nitrogen and oxygen atoms in total. The minimum absolute atomic E-state index is 0.177. The molecule has 2 aliphatic heterocycles. The molecule has 0 aromatic heterocycles. The number of phosphoric ester groups is 1. The summed E-state index contributed by atoms with van der Waals surface area (Å²) in [5.74, 6) is -2.28. The van der Waals surface area contributed by atoms with Crippen LogP contribution in [0.3, 0.4) is 0 Å². The van der Waals surface area contributed by atoms with E-state index in [4.69, 9.17) is 42.0 Å². The lowest BCUT2D eigenvalue weighted by Gasteiger charge is -2.37. The molecule has 0 aromatic rings. The normalized spacial score (nSPS) is 24.2. The molecule has 50 heavy (non-hydrogen) atoms. The van der Waals surface area contributed by atoms with Crippen LogP contribution in [0.5, 0.6) is 0 Å². The molecule has 0 spiro atoms. The van der Waals surface area contributed by atoms with Crippen molar-refractivity contribution in [3.8, 4) is 0 Å². The molecular weight excluding hydrogens is 696 g/mol. The molecule has 1 unspecified atom stereocenters. The van der Waals surface area contributed by atoms with Gasteiger partial charge in [-0.1, -0.05) is 20.4 Å². The summed E-state index contributed by atoms with van der Waals surface area (Å²) in [4.78, 5) is 62.6. The summed E-state index contributed by atoms with van der Waals surface area (Å²) in [6.07, 6.45) is -4.98. The lowest BCUT2D eigenvalue weighted by molar-refractivity contribution is -0.179. The lowest BCUT2D eigenvalue weighted by atomic mass is 9.87. The van der Waals surface area contributed by atoms with E-state index in [-0.39, 0.29) is 5.70 Å². The van der Waals surface area contributed by atoms with Crippen molar-refractivity contribution in [3.63, 3.8) is 0 Å². The largest absolute Gasteiger partial charge is 0.510 e. The van der Waals surface area contributed by atoms with E-state index in [1.807, 2.05) is 0 Å². The fraction of sp³-hybridized carbons (Fsp3) is 0.690. The van der Waals surface area contributed by atoms with E-state index in [9.17, 15) is 33.6 Å². The quantitative estimate of drug-likeness (QED) is 0.0841. The van der Waals surface area contributed by atoms with Gasteiger partial charge in [-0.3, -0.25) is 14.2 Å². The number of carbonyl (C=O) groups excluding carboxylic acids is 5. The number of amides is 3. The fourth-order valence-corrected chi connectivity index (χ4v) is 5.45. The first-order valence-electron chi connectivity index (χ1n) is 15.3. The first-order chi connectivity index (χ1) is 23.2. The van der Waals surface area contributed by atoms with Gasteiger partial charge < -0.3 is 44.2 Å². The van der Waals surface area contributed by atoms with Gasteiger partial charge in [-0.05, 0) is 46.6 Å². The van der Waals surface area contributed by atoms with Gasteiger partial charge >= 0.3 is 32.1 Å². The average molecular weight is 742 g/mol. The van der Waals surface area contributed by atoms with Gasteiger partial charge in [0, 0.05) is 18.8 Å².